The van der Waals surface area contributed by atoms with Crippen molar-refractivity contribution < 1.29 is 9.53 Å². The third kappa shape index (κ3) is 10.8. The lowest BCUT2D eigenvalue weighted by molar-refractivity contribution is 0.152. The molecule has 0 aliphatic heterocycles. The molecule has 0 atom stereocenters. The van der Waals surface area contributed by atoms with Crippen LogP contribution in [0.25, 0.3) is 0 Å². The summed E-state index contributed by atoms with van der Waals surface area (Å²) in [7, 11) is 0. The van der Waals surface area contributed by atoms with Crippen molar-refractivity contribution in [1.82, 2.24) is 15.3 Å². The first-order valence-electron chi connectivity index (χ1n) is 6.20. The number of nitrogens with one attached hydrogen (secondary N) is 2. The molecule has 0 unspecified atom stereocenters. The number of H-pyrrole nitrogens is 1. The molecule has 5 nitrogen and oxygen atoms in total. The van der Waals surface area contributed by atoms with E-state index in [4.69, 9.17) is 0 Å². The predicted molar refractivity (Wildman–Crippen MR) is 70.0 cm³/mol. The Bertz CT molecular complexity index is 248. The Kier molecular flexibility index (Phi) is 15.2. The molecular weight excluding hydrogens is 218 g/mol. The minimum Gasteiger partial charge on any atom is -0.450 e. The molecule has 17 heavy (non-hydrogen) atoms. The van der Waals surface area contributed by atoms with E-state index < -0.39 is 0 Å². The van der Waals surface area contributed by atoms with Gasteiger partial charge in [-0.05, 0) is 6.92 Å². The number of carbonyl (C=O) groups is 1. The molecule has 0 radical (unpaired) electrons. The maximum atomic E-state index is 10.8. The number of carbonyl (C=O) groups excluding carboxylic acids is 1. The number of amides is 1. The van der Waals surface area contributed by atoms with Crippen molar-refractivity contribution in [2.75, 3.05) is 13.2 Å². The van der Waals surface area contributed by atoms with E-state index in [9.17, 15) is 4.79 Å². The molecule has 0 spiro atoms. The van der Waals surface area contributed by atoms with Gasteiger partial charge < -0.3 is 15.0 Å². The molecule has 0 fully saturated rings. The summed E-state index contributed by atoms with van der Waals surface area (Å²) in [5.74, 6) is 0. The highest BCUT2D eigenvalue weighted by Crippen LogP contribution is 1.90. The summed E-state index contributed by atoms with van der Waals surface area (Å²) < 4.78 is 4.69. The summed E-state index contributed by atoms with van der Waals surface area (Å²) in [5.41, 5.74) is 0.997. The van der Waals surface area contributed by atoms with Gasteiger partial charge in [-0.1, -0.05) is 27.7 Å². The summed E-state index contributed by atoms with van der Waals surface area (Å²) in [6.45, 7) is 10.7. The Morgan fingerprint density at radius 2 is 2.06 bits per heavy atom. The van der Waals surface area contributed by atoms with Gasteiger partial charge in [-0.2, -0.15) is 0 Å². The standard InChI is InChI=1S/C8H13N3O2.2C2H6/c1-2-13-8(12)10-4-3-7-5-9-6-11-7;2*1-2/h5-6H,2-4H2,1H3,(H,9,11)(H,10,12);2*1-2H3. The van der Waals surface area contributed by atoms with E-state index >= 15 is 0 Å². The van der Waals surface area contributed by atoms with Crippen molar-refractivity contribution in [3.05, 3.63) is 18.2 Å². The quantitative estimate of drug-likeness (QED) is 0.854. The number of hydrogen-bond donors (Lipinski definition) is 2. The number of rotatable bonds is 4. The second-order valence-electron chi connectivity index (χ2n) is 2.47. The van der Waals surface area contributed by atoms with E-state index in [1.54, 1.807) is 19.4 Å². The monoisotopic (exact) mass is 243 g/mol. The van der Waals surface area contributed by atoms with Crippen LogP contribution >= 0.6 is 0 Å². The fourth-order valence-corrected chi connectivity index (χ4v) is 0.903. The van der Waals surface area contributed by atoms with Crippen molar-refractivity contribution in [3.63, 3.8) is 0 Å². The van der Waals surface area contributed by atoms with E-state index in [0.29, 0.717) is 13.2 Å². The van der Waals surface area contributed by atoms with Gasteiger partial charge in [0, 0.05) is 24.9 Å². The van der Waals surface area contributed by atoms with Crippen LogP contribution in [0.2, 0.25) is 0 Å². The molecule has 1 rings (SSSR count). The van der Waals surface area contributed by atoms with Crippen molar-refractivity contribution in [3.8, 4) is 0 Å². The first-order valence-corrected chi connectivity index (χ1v) is 6.20. The zero-order chi connectivity index (χ0) is 13.5. The van der Waals surface area contributed by atoms with E-state index in [-0.39, 0.29) is 6.09 Å². The van der Waals surface area contributed by atoms with Crippen LogP contribution < -0.4 is 5.32 Å². The fraction of sp³-hybridized carbons (Fsp3) is 0.667. The Morgan fingerprint density at radius 1 is 1.41 bits per heavy atom. The number of aromatic nitrogens is 2. The third-order valence-electron chi connectivity index (χ3n) is 1.49. The lowest BCUT2D eigenvalue weighted by Gasteiger charge is -2.03. The lowest BCUT2D eigenvalue weighted by Crippen LogP contribution is -2.26. The van der Waals surface area contributed by atoms with Gasteiger partial charge in [0.2, 0.25) is 0 Å². The molecule has 5 heteroatoms. The van der Waals surface area contributed by atoms with Crippen molar-refractivity contribution in [2.45, 2.75) is 41.0 Å². The summed E-state index contributed by atoms with van der Waals surface area (Å²) in [6, 6.07) is 0. The van der Waals surface area contributed by atoms with Gasteiger partial charge in [0.15, 0.2) is 0 Å². The van der Waals surface area contributed by atoms with Crippen molar-refractivity contribution in [2.24, 2.45) is 0 Å². The number of ether oxygens (including phenoxy) is 1. The smallest absolute Gasteiger partial charge is 0.407 e. The molecule has 1 heterocycles. The van der Waals surface area contributed by atoms with Gasteiger partial charge in [-0.15, -0.1) is 0 Å². The van der Waals surface area contributed by atoms with E-state index in [1.165, 1.54) is 0 Å². The molecule has 0 aliphatic carbocycles. The minimum absolute atomic E-state index is 0.373. The van der Waals surface area contributed by atoms with Gasteiger partial charge in [-0.25, -0.2) is 9.78 Å². The summed E-state index contributed by atoms with van der Waals surface area (Å²) in [6.07, 6.45) is 3.70. The summed E-state index contributed by atoms with van der Waals surface area (Å²) in [4.78, 5) is 17.6. The number of hydrogen-bond acceptors (Lipinski definition) is 3. The molecule has 100 valence electrons. The molecule has 2 N–H and O–H groups in total. The maximum Gasteiger partial charge on any atom is 0.407 e. The van der Waals surface area contributed by atoms with Crippen LogP contribution in [0.1, 0.15) is 40.3 Å². The zero-order valence-corrected chi connectivity index (χ0v) is 11.5. The molecule has 0 bridgehead atoms. The van der Waals surface area contributed by atoms with Crippen molar-refractivity contribution >= 4 is 6.09 Å². The molecule has 1 aromatic heterocycles. The van der Waals surface area contributed by atoms with Gasteiger partial charge in [0.25, 0.3) is 0 Å². The topological polar surface area (TPSA) is 67.0 Å². The highest BCUT2D eigenvalue weighted by Gasteiger charge is 1.99. The molecule has 0 aromatic carbocycles. The Morgan fingerprint density at radius 3 is 2.53 bits per heavy atom. The fourth-order valence-electron chi connectivity index (χ4n) is 0.903. The van der Waals surface area contributed by atoms with E-state index in [2.05, 4.69) is 20.0 Å². The average molecular weight is 243 g/mol. The van der Waals surface area contributed by atoms with Crippen LogP contribution in [0.15, 0.2) is 12.5 Å². The minimum atomic E-state index is -0.373. The maximum absolute atomic E-state index is 10.8. The van der Waals surface area contributed by atoms with Crippen LogP contribution in [0, 0.1) is 0 Å². The van der Waals surface area contributed by atoms with E-state index in [1.807, 2.05) is 27.7 Å². The van der Waals surface area contributed by atoms with Gasteiger partial charge >= 0.3 is 6.09 Å². The van der Waals surface area contributed by atoms with Crippen molar-refractivity contribution in [1.29, 1.82) is 0 Å². The zero-order valence-electron chi connectivity index (χ0n) is 11.5. The van der Waals surface area contributed by atoms with Crippen LogP contribution in [0.4, 0.5) is 4.79 Å². The largest absolute Gasteiger partial charge is 0.450 e. The van der Waals surface area contributed by atoms with Crippen LogP contribution in [0.3, 0.4) is 0 Å². The van der Waals surface area contributed by atoms with Gasteiger partial charge in [0.1, 0.15) is 0 Å². The Hall–Kier alpha value is -1.52. The molecular formula is C12H25N3O2. The first kappa shape index (κ1) is 17.9. The summed E-state index contributed by atoms with van der Waals surface area (Å²) >= 11 is 0. The SMILES string of the molecule is CC.CC.CCOC(=O)NCCc1cnc[nH]1. The van der Waals surface area contributed by atoms with Gasteiger partial charge in [-0.3, -0.25) is 0 Å². The predicted octanol–water partition coefficient (Wildman–Crippen LogP) is 2.75. The summed E-state index contributed by atoms with van der Waals surface area (Å²) in [5, 5.41) is 2.61. The molecule has 0 saturated heterocycles. The molecule has 0 saturated carbocycles. The Balaban J connectivity index is 0. The number of alkyl carbamates (subject to hydrolysis) is 1. The van der Waals surface area contributed by atoms with Crippen LogP contribution in [-0.2, 0) is 11.2 Å². The molecule has 1 amide bonds. The molecule has 0 aliphatic rings. The van der Waals surface area contributed by atoms with E-state index in [0.717, 1.165) is 12.1 Å². The van der Waals surface area contributed by atoms with Gasteiger partial charge in [0.05, 0.1) is 12.9 Å². The first-order chi connectivity index (χ1) is 8.33. The lowest BCUT2D eigenvalue weighted by atomic mass is 10.3. The normalized spacial score (nSPS) is 8.06. The highest BCUT2D eigenvalue weighted by atomic mass is 16.5. The number of nitrogens with zero attached hydrogens (tertiary/aromatic N) is 1. The van der Waals surface area contributed by atoms with Crippen LogP contribution in [0.5, 0.6) is 0 Å². The average Bonchev–Trinajstić information content (AvgIpc) is 2.88. The number of imidazole rings is 1. The second-order valence-corrected chi connectivity index (χ2v) is 2.47. The highest BCUT2D eigenvalue weighted by molar-refractivity contribution is 5.66. The van der Waals surface area contributed by atoms with Crippen LogP contribution in [-0.4, -0.2) is 29.2 Å². The third-order valence-corrected chi connectivity index (χ3v) is 1.49. The second kappa shape index (κ2) is 14.5. The Labute approximate surface area is 104 Å². The molecule has 1 aromatic rings. The number of aromatic amines is 1.